The average Bonchev–Trinajstić information content (AvgIpc) is 2.76. The van der Waals surface area contributed by atoms with Crippen molar-refractivity contribution in [3.63, 3.8) is 0 Å². The van der Waals surface area contributed by atoms with Crippen LogP contribution in [0.5, 0.6) is 11.5 Å². The number of hydrogen-bond donors (Lipinski definition) is 0. The summed E-state index contributed by atoms with van der Waals surface area (Å²) >= 11 is 0. The third-order valence-corrected chi connectivity index (χ3v) is 5.56. The summed E-state index contributed by atoms with van der Waals surface area (Å²) in [4.78, 5) is 4.70. The highest BCUT2D eigenvalue weighted by molar-refractivity contribution is 5.85. The molecule has 0 fully saturated rings. The maximum Gasteiger partial charge on any atom is 0.161 e. The van der Waals surface area contributed by atoms with Crippen LogP contribution in [0.15, 0.2) is 48.0 Å². The molecule has 2 heterocycles. The van der Waals surface area contributed by atoms with Gasteiger partial charge in [0.05, 0.1) is 38.2 Å². The van der Waals surface area contributed by atoms with Gasteiger partial charge >= 0.3 is 0 Å². The van der Waals surface area contributed by atoms with Crippen LogP contribution in [0, 0.1) is 11.3 Å². The molecule has 0 saturated heterocycles. The van der Waals surface area contributed by atoms with E-state index in [0.717, 1.165) is 55.2 Å². The van der Waals surface area contributed by atoms with Crippen molar-refractivity contribution >= 4 is 18.1 Å². The summed E-state index contributed by atoms with van der Waals surface area (Å²) in [5, 5.41) is 9.87. The van der Waals surface area contributed by atoms with Gasteiger partial charge in [-0.15, -0.1) is 12.4 Å². The molecular formula is C23H26ClN3O2. The number of nitrogens with zero attached hydrogens (tertiary/aromatic N) is 3. The second kappa shape index (κ2) is 9.21. The average molecular weight is 412 g/mol. The molecule has 0 amide bonds. The lowest BCUT2D eigenvalue weighted by molar-refractivity contribution is 0.176. The second-order valence-electron chi connectivity index (χ2n) is 7.25. The molecule has 0 spiro atoms. The Morgan fingerprint density at radius 2 is 1.79 bits per heavy atom. The number of methoxy groups -OCH3 is 2. The Balaban J connectivity index is 0.00000240. The molecule has 0 N–H and O–H groups in total. The first kappa shape index (κ1) is 21.0. The van der Waals surface area contributed by atoms with Gasteiger partial charge < -0.3 is 14.4 Å². The van der Waals surface area contributed by atoms with Crippen LogP contribution >= 0.6 is 12.4 Å². The summed E-state index contributed by atoms with van der Waals surface area (Å²) in [7, 11) is 3.31. The van der Waals surface area contributed by atoms with E-state index in [2.05, 4.69) is 46.2 Å². The van der Waals surface area contributed by atoms with E-state index in [-0.39, 0.29) is 12.4 Å². The first-order chi connectivity index (χ1) is 13.7. The molecule has 0 aliphatic carbocycles. The Kier molecular flexibility index (Phi) is 6.68. The first-order valence-corrected chi connectivity index (χ1v) is 9.63. The highest BCUT2D eigenvalue weighted by Crippen LogP contribution is 2.40. The second-order valence-corrected chi connectivity index (χ2v) is 7.25. The van der Waals surface area contributed by atoms with E-state index in [1.54, 1.807) is 14.2 Å². The largest absolute Gasteiger partial charge is 0.493 e. The van der Waals surface area contributed by atoms with Gasteiger partial charge in [-0.25, -0.2) is 0 Å². The molecule has 0 bridgehead atoms. The summed E-state index contributed by atoms with van der Waals surface area (Å²) in [6, 6.07) is 17.1. The van der Waals surface area contributed by atoms with Gasteiger partial charge in [0.2, 0.25) is 0 Å². The predicted octanol–water partition coefficient (Wildman–Crippen LogP) is 3.73. The SMILES string of the molecule is COc1cc2c(cc1OC)C1=C(C#N)CN(CCc3ccccc3)CN1CC2.Cl. The van der Waals surface area contributed by atoms with Crippen molar-refractivity contribution < 1.29 is 9.47 Å². The normalized spacial score (nSPS) is 15.7. The monoisotopic (exact) mass is 411 g/mol. The molecule has 4 rings (SSSR count). The van der Waals surface area contributed by atoms with Gasteiger partial charge in [-0.2, -0.15) is 5.26 Å². The number of halogens is 1. The van der Waals surface area contributed by atoms with Crippen molar-refractivity contribution in [1.29, 1.82) is 5.26 Å². The highest BCUT2D eigenvalue weighted by Gasteiger charge is 2.31. The summed E-state index contributed by atoms with van der Waals surface area (Å²) in [5.74, 6) is 1.45. The van der Waals surface area contributed by atoms with Crippen molar-refractivity contribution in [1.82, 2.24) is 9.80 Å². The summed E-state index contributed by atoms with van der Waals surface area (Å²) in [5.41, 5.74) is 5.53. The van der Waals surface area contributed by atoms with Crippen molar-refractivity contribution in [2.45, 2.75) is 12.8 Å². The Morgan fingerprint density at radius 1 is 1.07 bits per heavy atom. The van der Waals surface area contributed by atoms with Crippen LogP contribution in [-0.2, 0) is 12.8 Å². The fourth-order valence-electron chi connectivity index (χ4n) is 4.14. The van der Waals surface area contributed by atoms with Gasteiger partial charge in [0.1, 0.15) is 0 Å². The fraction of sp³-hybridized carbons (Fsp3) is 0.348. The lowest BCUT2D eigenvalue weighted by Gasteiger charge is -2.42. The lowest BCUT2D eigenvalue weighted by Crippen LogP contribution is -2.46. The maximum atomic E-state index is 9.87. The molecule has 152 valence electrons. The van der Waals surface area contributed by atoms with Gasteiger partial charge in [0.25, 0.3) is 0 Å². The summed E-state index contributed by atoms with van der Waals surface area (Å²) in [6.07, 6.45) is 1.93. The number of fused-ring (bicyclic) bond motifs is 3. The summed E-state index contributed by atoms with van der Waals surface area (Å²) < 4.78 is 11.0. The molecule has 2 aliphatic rings. The van der Waals surface area contributed by atoms with Crippen molar-refractivity contribution in [3.05, 3.63) is 64.7 Å². The number of nitriles is 1. The van der Waals surface area contributed by atoms with Crippen LogP contribution in [0.25, 0.3) is 5.70 Å². The van der Waals surface area contributed by atoms with Gasteiger partial charge in [0, 0.05) is 25.2 Å². The fourth-order valence-corrected chi connectivity index (χ4v) is 4.14. The standard InChI is InChI=1S/C23H25N3O2.ClH/c1-27-21-12-18-9-11-26-16-25(10-8-17-6-4-3-5-7-17)15-19(14-24)23(26)20(18)13-22(21)28-2;/h3-7,12-13H,8-11,15-16H2,1-2H3;1H. The quantitative estimate of drug-likeness (QED) is 0.750. The van der Waals surface area contributed by atoms with Gasteiger partial charge in [-0.3, -0.25) is 4.90 Å². The number of ether oxygens (including phenoxy) is 2. The maximum absolute atomic E-state index is 9.87. The Hall–Kier alpha value is -2.68. The predicted molar refractivity (Wildman–Crippen MR) is 116 cm³/mol. The van der Waals surface area contributed by atoms with Gasteiger partial charge in [-0.05, 0) is 36.1 Å². The molecule has 0 radical (unpaired) electrons. The minimum Gasteiger partial charge on any atom is -0.493 e. The smallest absolute Gasteiger partial charge is 0.161 e. The molecule has 0 atom stereocenters. The molecule has 2 aromatic carbocycles. The molecule has 6 heteroatoms. The third-order valence-electron chi connectivity index (χ3n) is 5.56. The van der Waals surface area contributed by atoms with Crippen LogP contribution in [0.1, 0.15) is 16.7 Å². The van der Waals surface area contributed by atoms with E-state index in [1.165, 1.54) is 11.1 Å². The van der Waals surface area contributed by atoms with E-state index >= 15 is 0 Å². The van der Waals surface area contributed by atoms with E-state index < -0.39 is 0 Å². The minimum absolute atomic E-state index is 0. The Labute approximate surface area is 178 Å². The zero-order valence-corrected chi connectivity index (χ0v) is 17.7. The molecular weight excluding hydrogens is 386 g/mol. The first-order valence-electron chi connectivity index (χ1n) is 9.63. The number of benzene rings is 2. The molecule has 5 nitrogen and oxygen atoms in total. The summed E-state index contributed by atoms with van der Waals surface area (Å²) in [6.45, 7) is 3.38. The lowest BCUT2D eigenvalue weighted by atomic mass is 9.92. The molecule has 2 aromatic rings. The molecule has 0 unspecified atom stereocenters. The number of hydrogen-bond acceptors (Lipinski definition) is 5. The Morgan fingerprint density at radius 3 is 2.48 bits per heavy atom. The van der Waals surface area contributed by atoms with Crippen LogP contribution in [-0.4, -0.2) is 50.3 Å². The molecule has 0 saturated carbocycles. The van der Waals surface area contributed by atoms with Gasteiger partial charge in [-0.1, -0.05) is 30.3 Å². The zero-order valence-electron chi connectivity index (χ0n) is 16.9. The van der Waals surface area contributed by atoms with E-state index in [1.807, 2.05) is 12.1 Å². The van der Waals surface area contributed by atoms with Crippen molar-refractivity contribution in [3.8, 4) is 17.6 Å². The zero-order chi connectivity index (χ0) is 19.5. The van der Waals surface area contributed by atoms with Crippen LogP contribution in [0.2, 0.25) is 0 Å². The van der Waals surface area contributed by atoms with Gasteiger partial charge in [0.15, 0.2) is 11.5 Å². The van der Waals surface area contributed by atoms with E-state index in [9.17, 15) is 5.26 Å². The minimum atomic E-state index is 0. The molecule has 0 aromatic heterocycles. The highest BCUT2D eigenvalue weighted by atomic mass is 35.5. The van der Waals surface area contributed by atoms with Crippen LogP contribution in [0.4, 0.5) is 0 Å². The number of rotatable bonds is 5. The third kappa shape index (κ3) is 4.19. The molecule has 29 heavy (non-hydrogen) atoms. The van der Waals surface area contributed by atoms with Crippen molar-refractivity contribution in [2.75, 3.05) is 40.5 Å². The van der Waals surface area contributed by atoms with E-state index in [0.29, 0.717) is 12.3 Å². The van der Waals surface area contributed by atoms with Crippen molar-refractivity contribution in [2.24, 2.45) is 0 Å². The topological polar surface area (TPSA) is 48.7 Å². The van der Waals surface area contributed by atoms with E-state index in [4.69, 9.17) is 9.47 Å². The van der Waals surface area contributed by atoms with Crippen LogP contribution in [0.3, 0.4) is 0 Å². The molecule has 2 aliphatic heterocycles. The Bertz CT molecular complexity index is 937. The van der Waals surface area contributed by atoms with Crippen LogP contribution < -0.4 is 9.47 Å².